The molecule has 2 rings (SSSR count). The van der Waals surface area contributed by atoms with Crippen LogP contribution in [0, 0.1) is 11.7 Å². The lowest BCUT2D eigenvalue weighted by Crippen LogP contribution is -2.18. The molecule has 0 radical (unpaired) electrons. The van der Waals surface area contributed by atoms with Crippen LogP contribution in [0.1, 0.15) is 19.3 Å². The summed E-state index contributed by atoms with van der Waals surface area (Å²) in [7, 11) is -3.31. The van der Waals surface area contributed by atoms with Crippen LogP contribution in [0.5, 0.6) is 0 Å². The predicted molar refractivity (Wildman–Crippen MR) is 71.0 cm³/mol. The average Bonchev–Trinajstić information content (AvgIpc) is 2.63. The van der Waals surface area contributed by atoms with Gasteiger partial charge in [-0.25, -0.2) is 12.8 Å². The Kier molecular flexibility index (Phi) is 5.13. The Morgan fingerprint density at radius 3 is 2.33 bits per heavy atom. The summed E-state index contributed by atoms with van der Waals surface area (Å²) in [5.41, 5.74) is 5.76. The Hall–Kier alpha value is -0.650. The minimum atomic E-state index is -3.31. The molecule has 0 aliphatic heterocycles. The number of nitrogens with two attached hydrogens (primary N) is 1. The van der Waals surface area contributed by atoms with Crippen LogP contribution in [-0.2, 0) is 9.84 Å². The normalized spacial score (nSPS) is 23.7. The fourth-order valence-electron chi connectivity index (χ4n) is 2.31. The van der Waals surface area contributed by atoms with Crippen LogP contribution in [0.4, 0.5) is 4.39 Å². The third-order valence-corrected chi connectivity index (χ3v) is 5.11. The van der Waals surface area contributed by atoms with Gasteiger partial charge in [0, 0.05) is 6.04 Å². The first-order valence-corrected chi connectivity index (χ1v) is 7.36. The zero-order chi connectivity index (χ0) is 12.5. The maximum atomic E-state index is 12.7. The standard InChI is InChI=1S/C12H16FNO2S.ClH/c13-10-2-5-12(6-3-10)17(15,16)8-9-1-4-11(14)7-9;/h2-3,5-6,9,11H,1,4,7-8,14H2;1H/t9-,11+;/m0./s1. The first-order valence-electron chi connectivity index (χ1n) is 5.71. The van der Waals surface area contributed by atoms with E-state index >= 15 is 0 Å². The fraction of sp³-hybridized carbons (Fsp3) is 0.500. The van der Waals surface area contributed by atoms with Crippen molar-refractivity contribution in [1.29, 1.82) is 0 Å². The number of benzene rings is 1. The molecule has 6 heteroatoms. The van der Waals surface area contributed by atoms with E-state index in [1.165, 1.54) is 24.3 Å². The van der Waals surface area contributed by atoms with Gasteiger partial charge in [-0.2, -0.15) is 0 Å². The number of sulfone groups is 1. The van der Waals surface area contributed by atoms with Gasteiger partial charge >= 0.3 is 0 Å². The lowest BCUT2D eigenvalue weighted by Gasteiger charge is -2.10. The highest BCUT2D eigenvalue weighted by Gasteiger charge is 2.27. The molecule has 0 spiro atoms. The molecular weight excluding hydrogens is 277 g/mol. The van der Waals surface area contributed by atoms with E-state index in [9.17, 15) is 12.8 Å². The molecule has 1 aromatic rings. The van der Waals surface area contributed by atoms with Crippen molar-refractivity contribution < 1.29 is 12.8 Å². The molecule has 18 heavy (non-hydrogen) atoms. The van der Waals surface area contributed by atoms with Crippen molar-refractivity contribution in [2.75, 3.05) is 5.75 Å². The van der Waals surface area contributed by atoms with Crippen molar-refractivity contribution >= 4 is 22.2 Å². The van der Waals surface area contributed by atoms with Gasteiger partial charge in [-0.1, -0.05) is 0 Å². The van der Waals surface area contributed by atoms with Crippen molar-refractivity contribution in [3.8, 4) is 0 Å². The molecule has 1 aliphatic rings. The summed E-state index contributed by atoms with van der Waals surface area (Å²) in [4.78, 5) is 0.194. The number of rotatable bonds is 3. The van der Waals surface area contributed by atoms with Crippen molar-refractivity contribution in [3.05, 3.63) is 30.1 Å². The Labute approximate surface area is 113 Å². The van der Waals surface area contributed by atoms with E-state index < -0.39 is 15.7 Å². The summed E-state index contributed by atoms with van der Waals surface area (Å²) in [6.45, 7) is 0. The van der Waals surface area contributed by atoms with Crippen molar-refractivity contribution in [2.24, 2.45) is 11.7 Å². The Balaban J connectivity index is 0.00000162. The summed E-state index contributed by atoms with van der Waals surface area (Å²) in [6.07, 6.45) is 2.52. The molecule has 1 aromatic carbocycles. The molecule has 1 saturated carbocycles. The Morgan fingerprint density at radius 2 is 1.83 bits per heavy atom. The predicted octanol–water partition coefficient (Wildman–Crippen LogP) is 2.15. The SMILES string of the molecule is Cl.N[C@@H]1CC[C@H](CS(=O)(=O)c2ccc(F)cc2)C1. The molecule has 1 aliphatic carbocycles. The third kappa shape index (κ3) is 3.67. The molecule has 0 saturated heterocycles. The first kappa shape index (κ1) is 15.4. The van der Waals surface area contributed by atoms with Gasteiger partial charge in [0.2, 0.25) is 0 Å². The topological polar surface area (TPSA) is 60.2 Å². The summed E-state index contributed by atoms with van der Waals surface area (Å²) in [5.74, 6) is -0.168. The van der Waals surface area contributed by atoms with Gasteiger partial charge in [0.25, 0.3) is 0 Å². The third-order valence-electron chi connectivity index (χ3n) is 3.21. The van der Waals surface area contributed by atoms with Gasteiger partial charge in [-0.3, -0.25) is 0 Å². The van der Waals surface area contributed by atoms with Crippen molar-refractivity contribution in [2.45, 2.75) is 30.2 Å². The molecule has 0 unspecified atom stereocenters. The zero-order valence-corrected chi connectivity index (χ0v) is 11.5. The van der Waals surface area contributed by atoms with Gasteiger partial charge in [-0.05, 0) is 49.4 Å². The minimum Gasteiger partial charge on any atom is -0.328 e. The fourth-order valence-corrected chi connectivity index (χ4v) is 3.98. The largest absolute Gasteiger partial charge is 0.328 e. The minimum absolute atomic E-state index is 0. The smallest absolute Gasteiger partial charge is 0.178 e. The molecule has 102 valence electrons. The second kappa shape index (κ2) is 5.99. The average molecular weight is 294 g/mol. The zero-order valence-electron chi connectivity index (χ0n) is 9.88. The summed E-state index contributed by atoms with van der Waals surface area (Å²) >= 11 is 0. The van der Waals surface area contributed by atoms with E-state index in [0.717, 1.165) is 19.3 Å². The molecule has 0 heterocycles. The van der Waals surface area contributed by atoms with Crippen LogP contribution < -0.4 is 5.73 Å². The lowest BCUT2D eigenvalue weighted by atomic mass is 10.1. The quantitative estimate of drug-likeness (QED) is 0.869. The van der Waals surface area contributed by atoms with E-state index in [1.807, 2.05) is 0 Å². The monoisotopic (exact) mass is 293 g/mol. The van der Waals surface area contributed by atoms with E-state index in [2.05, 4.69) is 0 Å². The Morgan fingerprint density at radius 1 is 1.22 bits per heavy atom. The van der Waals surface area contributed by atoms with E-state index in [1.54, 1.807) is 0 Å². The highest BCUT2D eigenvalue weighted by Crippen LogP contribution is 2.27. The number of hydrogen-bond acceptors (Lipinski definition) is 3. The van der Waals surface area contributed by atoms with Crippen LogP contribution in [0.3, 0.4) is 0 Å². The molecule has 3 nitrogen and oxygen atoms in total. The summed E-state index contributed by atoms with van der Waals surface area (Å²) < 4.78 is 36.8. The number of hydrogen-bond donors (Lipinski definition) is 1. The number of halogens is 2. The summed E-state index contributed by atoms with van der Waals surface area (Å²) in [6, 6.07) is 5.11. The van der Waals surface area contributed by atoms with Crippen LogP contribution >= 0.6 is 12.4 Å². The Bertz CT molecular complexity index is 489. The maximum absolute atomic E-state index is 12.7. The van der Waals surface area contributed by atoms with E-state index in [0.29, 0.717) is 0 Å². The van der Waals surface area contributed by atoms with Crippen LogP contribution in [0.15, 0.2) is 29.2 Å². The molecule has 2 atom stereocenters. The molecule has 0 bridgehead atoms. The van der Waals surface area contributed by atoms with E-state index in [-0.39, 0.29) is 35.0 Å². The van der Waals surface area contributed by atoms with Crippen LogP contribution in [-0.4, -0.2) is 20.2 Å². The van der Waals surface area contributed by atoms with Gasteiger partial charge in [0.15, 0.2) is 9.84 Å². The van der Waals surface area contributed by atoms with Gasteiger partial charge in [-0.15, -0.1) is 12.4 Å². The molecule has 0 aromatic heterocycles. The lowest BCUT2D eigenvalue weighted by molar-refractivity contribution is 0.553. The van der Waals surface area contributed by atoms with Crippen molar-refractivity contribution in [1.82, 2.24) is 0 Å². The van der Waals surface area contributed by atoms with Crippen LogP contribution in [0.2, 0.25) is 0 Å². The maximum Gasteiger partial charge on any atom is 0.178 e. The van der Waals surface area contributed by atoms with Gasteiger partial charge in [0.05, 0.1) is 10.6 Å². The summed E-state index contributed by atoms with van der Waals surface area (Å²) in [5, 5.41) is 0. The highest BCUT2D eigenvalue weighted by atomic mass is 35.5. The first-order chi connectivity index (χ1) is 7.97. The molecule has 2 N–H and O–H groups in total. The molecule has 0 amide bonds. The van der Waals surface area contributed by atoms with Crippen LogP contribution in [0.25, 0.3) is 0 Å². The molecular formula is C12H17ClFNO2S. The van der Waals surface area contributed by atoms with Gasteiger partial charge < -0.3 is 5.73 Å². The second-order valence-corrected chi connectivity index (χ2v) is 6.71. The molecule has 1 fully saturated rings. The van der Waals surface area contributed by atoms with Gasteiger partial charge in [0.1, 0.15) is 5.82 Å². The van der Waals surface area contributed by atoms with E-state index in [4.69, 9.17) is 5.73 Å². The highest BCUT2D eigenvalue weighted by molar-refractivity contribution is 7.91. The second-order valence-electron chi connectivity index (χ2n) is 4.67. The van der Waals surface area contributed by atoms with Crippen molar-refractivity contribution in [3.63, 3.8) is 0 Å².